The molecule has 1 aliphatic rings. The van der Waals surface area contributed by atoms with Gasteiger partial charge in [0.1, 0.15) is 11.8 Å². The van der Waals surface area contributed by atoms with Crippen molar-refractivity contribution in [3.63, 3.8) is 0 Å². The number of carbonyl (C=O) groups is 1. The van der Waals surface area contributed by atoms with E-state index in [1.807, 2.05) is 48.5 Å². The number of amides is 1. The van der Waals surface area contributed by atoms with Crippen LogP contribution in [0.3, 0.4) is 0 Å². The molecule has 0 saturated heterocycles. The first-order valence-corrected chi connectivity index (χ1v) is 9.27. The van der Waals surface area contributed by atoms with Crippen molar-refractivity contribution < 1.29 is 9.53 Å². The molecule has 138 valence electrons. The largest absolute Gasteiger partial charge is 0.474 e. The fraction of sp³-hybridized carbons (Fsp3) is 0.286. The van der Waals surface area contributed by atoms with Crippen LogP contribution in [-0.2, 0) is 0 Å². The Kier molecular flexibility index (Phi) is 5.14. The van der Waals surface area contributed by atoms with Gasteiger partial charge in [-0.2, -0.15) is 5.10 Å². The number of benzene rings is 1. The molecule has 0 unspecified atom stereocenters. The molecule has 1 aliphatic carbocycles. The fourth-order valence-corrected chi connectivity index (χ4v) is 3.37. The monoisotopic (exact) mass is 362 g/mol. The molecule has 3 aromatic rings. The number of nitrogens with zero attached hydrogens (tertiary/aromatic N) is 2. The van der Waals surface area contributed by atoms with Crippen molar-refractivity contribution in [3.8, 4) is 17.1 Å². The van der Waals surface area contributed by atoms with Gasteiger partial charge in [-0.3, -0.25) is 9.89 Å². The van der Waals surface area contributed by atoms with Crippen LogP contribution in [-0.4, -0.2) is 33.2 Å². The van der Waals surface area contributed by atoms with Crippen molar-refractivity contribution in [2.45, 2.75) is 37.8 Å². The summed E-state index contributed by atoms with van der Waals surface area (Å²) in [6, 6.07) is 17.4. The summed E-state index contributed by atoms with van der Waals surface area (Å²) in [5, 5.41) is 10.2. The van der Waals surface area contributed by atoms with Gasteiger partial charge in [0.15, 0.2) is 0 Å². The Morgan fingerprint density at radius 3 is 2.56 bits per heavy atom. The third-order valence-electron chi connectivity index (χ3n) is 4.83. The number of rotatable bonds is 5. The lowest BCUT2D eigenvalue weighted by atomic mass is 9.93. The van der Waals surface area contributed by atoms with E-state index < -0.39 is 0 Å². The lowest BCUT2D eigenvalue weighted by Gasteiger charge is -2.29. The van der Waals surface area contributed by atoms with Crippen molar-refractivity contribution in [2.24, 2.45) is 0 Å². The van der Waals surface area contributed by atoms with Gasteiger partial charge in [0.2, 0.25) is 5.88 Å². The highest BCUT2D eigenvalue weighted by Gasteiger charge is 2.24. The number of aromatic nitrogens is 3. The fourth-order valence-electron chi connectivity index (χ4n) is 3.37. The van der Waals surface area contributed by atoms with Crippen molar-refractivity contribution in [1.29, 1.82) is 0 Å². The maximum absolute atomic E-state index is 12.5. The van der Waals surface area contributed by atoms with Gasteiger partial charge in [-0.05, 0) is 37.8 Å². The summed E-state index contributed by atoms with van der Waals surface area (Å²) in [4.78, 5) is 16.7. The van der Waals surface area contributed by atoms with E-state index in [1.165, 1.54) is 0 Å². The second kappa shape index (κ2) is 8.03. The molecule has 1 aromatic carbocycles. The molecule has 2 N–H and O–H groups in total. The quantitative estimate of drug-likeness (QED) is 0.727. The molecule has 2 aromatic heterocycles. The Morgan fingerprint density at radius 1 is 1.04 bits per heavy atom. The third kappa shape index (κ3) is 4.34. The average molecular weight is 362 g/mol. The predicted molar refractivity (Wildman–Crippen MR) is 102 cm³/mol. The zero-order valence-corrected chi connectivity index (χ0v) is 15.0. The number of hydrogen-bond acceptors (Lipinski definition) is 4. The molecule has 0 aliphatic heterocycles. The zero-order chi connectivity index (χ0) is 18.5. The maximum atomic E-state index is 12.5. The molecular weight excluding hydrogens is 340 g/mol. The minimum absolute atomic E-state index is 0.112. The first kappa shape index (κ1) is 17.3. The second-order valence-corrected chi connectivity index (χ2v) is 6.77. The summed E-state index contributed by atoms with van der Waals surface area (Å²) in [5.41, 5.74) is 2.24. The molecule has 27 heavy (non-hydrogen) atoms. The maximum Gasteiger partial charge on any atom is 0.269 e. The summed E-state index contributed by atoms with van der Waals surface area (Å²) in [5.74, 6) is 0.551. The highest BCUT2D eigenvalue weighted by atomic mass is 16.5. The number of ether oxygens (including phenoxy) is 1. The Hall–Kier alpha value is -3.15. The van der Waals surface area contributed by atoms with Crippen LogP contribution >= 0.6 is 0 Å². The Labute approximate surface area is 158 Å². The summed E-state index contributed by atoms with van der Waals surface area (Å²) < 4.78 is 5.91. The van der Waals surface area contributed by atoms with Crippen LogP contribution in [0.5, 0.6) is 5.88 Å². The number of aromatic amines is 1. The lowest BCUT2D eigenvalue weighted by Crippen LogP contribution is -2.39. The summed E-state index contributed by atoms with van der Waals surface area (Å²) >= 11 is 0. The van der Waals surface area contributed by atoms with Gasteiger partial charge in [-0.25, -0.2) is 4.98 Å². The highest BCUT2D eigenvalue weighted by molar-refractivity contribution is 5.93. The van der Waals surface area contributed by atoms with Gasteiger partial charge in [-0.1, -0.05) is 36.4 Å². The van der Waals surface area contributed by atoms with E-state index in [4.69, 9.17) is 4.74 Å². The number of hydrogen-bond donors (Lipinski definition) is 2. The molecule has 6 nitrogen and oxygen atoms in total. The summed E-state index contributed by atoms with van der Waals surface area (Å²) in [7, 11) is 0. The lowest BCUT2D eigenvalue weighted by molar-refractivity contribution is 0.0885. The van der Waals surface area contributed by atoms with Crippen LogP contribution in [0.1, 0.15) is 36.2 Å². The van der Waals surface area contributed by atoms with Crippen LogP contribution in [0.15, 0.2) is 60.8 Å². The Balaban J connectivity index is 1.29. The smallest absolute Gasteiger partial charge is 0.269 e. The number of pyridine rings is 1. The molecular formula is C21H22N4O2. The predicted octanol–water partition coefficient (Wildman–Crippen LogP) is 3.59. The van der Waals surface area contributed by atoms with Crippen LogP contribution < -0.4 is 10.1 Å². The minimum Gasteiger partial charge on any atom is -0.474 e. The standard InChI is InChI=1S/C21H22N4O2/c26-21(19-14-18(24-25-19)15-6-2-1-3-7-15)23-16-9-11-17(12-10-16)27-20-8-4-5-13-22-20/h1-8,13-14,16-17H,9-12H2,(H,23,26)(H,24,25). The Morgan fingerprint density at radius 2 is 1.81 bits per heavy atom. The van der Waals surface area contributed by atoms with Crippen LogP contribution in [0.4, 0.5) is 0 Å². The first-order chi connectivity index (χ1) is 13.3. The van der Waals surface area contributed by atoms with E-state index in [1.54, 1.807) is 12.3 Å². The average Bonchev–Trinajstić information content (AvgIpc) is 3.21. The number of nitrogens with one attached hydrogen (secondary N) is 2. The van der Waals surface area contributed by atoms with E-state index in [0.717, 1.165) is 36.9 Å². The molecule has 1 amide bonds. The minimum atomic E-state index is -0.112. The topological polar surface area (TPSA) is 79.9 Å². The Bertz CT molecular complexity index is 871. The van der Waals surface area contributed by atoms with E-state index in [-0.39, 0.29) is 18.1 Å². The van der Waals surface area contributed by atoms with E-state index in [2.05, 4.69) is 20.5 Å². The SMILES string of the molecule is O=C(NC1CCC(Oc2ccccn2)CC1)c1cc(-c2ccccc2)n[nH]1. The van der Waals surface area contributed by atoms with Crippen LogP contribution in [0, 0.1) is 0 Å². The molecule has 6 heteroatoms. The van der Waals surface area contributed by atoms with E-state index in [0.29, 0.717) is 11.6 Å². The van der Waals surface area contributed by atoms with Crippen molar-refractivity contribution in [3.05, 3.63) is 66.5 Å². The number of H-pyrrole nitrogens is 1. The molecule has 1 saturated carbocycles. The third-order valence-corrected chi connectivity index (χ3v) is 4.83. The molecule has 0 bridgehead atoms. The van der Waals surface area contributed by atoms with Gasteiger partial charge in [0.05, 0.1) is 5.69 Å². The number of carbonyl (C=O) groups excluding carboxylic acids is 1. The molecule has 1 fully saturated rings. The van der Waals surface area contributed by atoms with Crippen molar-refractivity contribution in [2.75, 3.05) is 0 Å². The first-order valence-electron chi connectivity index (χ1n) is 9.27. The van der Waals surface area contributed by atoms with Crippen LogP contribution in [0.2, 0.25) is 0 Å². The summed E-state index contributed by atoms with van der Waals surface area (Å²) in [6.45, 7) is 0. The molecule has 0 atom stereocenters. The normalized spacial score (nSPS) is 19.4. The van der Waals surface area contributed by atoms with Gasteiger partial charge in [-0.15, -0.1) is 0 Å². The van der Waals surface area contributed by atoms with Gasteiger partial charge in [0, 0.05) is 23.9 Å². The van der Waals surface area contributed by atoms with E-state index >= 15 is 0 Å². The van der Waals surface area contributed by atoms with Gasteiger partial charge in [0.25, 0.3) is 5.91 Å². The second-order valence-electron chi connectivity index (χ2n) is 6.77. The molecule has 0 spiro atoms. The zero-order valence-electron chi connectivity index (χ0n) is 15.0. The van der Waals surface area contributed by atoms with Gasteiger partial charge >= 0.3 is 0 Å². The molecule has 0 radical (unpaired) electrons. The van der Waals surface area contributed by atoms with Crippen molar-refractivity contribution >= 4 is 5.91 Å². The molecule has 2 heterocycles. The van der Waals surface area contributed by atoms with Gasteiger partial charge < -0.3 is 10.1 Å². The van der Waals surface area contributed by atoms with E-state index in [9.17, 15) is 4.79 Å². The summed E-state index contributed by atoms with van der Waals surface area (Å²) in [6.07, 6.45) is 5.48. The van der Waals surface area contributed by atoms with Crippen molar-refractivity contribution in [1.82, 2.24) is 20.5 Å². The highest BCUT2D eigenvalue weighted by Crippen LogP contribution is 2.23. The molecule has 4 rings (SSSR count). The van der Waals surface area contributed by atoms with Crippen LogP contribution in [0.25, 0.3) is 11.3 Å².